The van der Waals surface area contributed by atoms with Crippen LogP contribution in [0.2, 0.25) is 0 Å². The van der Waals surface area contributed by atoms with Gasteiger partial charge < -0.3 is 9.30 Å². The number of hydrogen-bond acceptors (Lipinski definition) is 6. The van der Waals surface area contributed by atoms with Gasteiger partial charge in [0.25, 0.3) is 0 Å². The van der Waals surface area contributed by atoms with Crippen LogP contribution in [0, 0.1) is 13.8 Å². The molecule has 0 N–H and O–H groups in total. The summed E-state index contributed by atoms with van der Waals surface area (Å²) in [6.07, 6.45) is 0.0723. The summed E-state index contributed by atoms with van der Waals surface area (Å²) >= 11 is 1.31. The van der Waals surface area contributed by atoms with Crippen molar-refractivity contribution in [3.8, 4) is 0 Å². The van der Waals surface area contributed by atoms with E-state index in [1.165, 1.54) is 11.8 Å². The number of hydrogen-bond donors (Lipinski definition) is 0. The van der Waals surface area contributed by atoms with Crippen LogP contribution in [0.4, 0.5) is 0 Å². The zero-order valence-electron chi connectivity index (χ0n) is 14.3. The van der Waals surface area contributed by atoms with Crippen molar-refractivity contribution in [2.75, 3.05) is 12.4 Å². The van der Waals surface area contributed by atoms with Gasteiger partial charge in [-0.2, -0.15) is 0 Å². The van der Waals surface area contributed by atoms with Crippen molar-refractivity contribution in [3.05, 3.63) is 40.7 Å². The van der Waals surface area contributed by atoms with Crippen molar-refractivity contribution >= 4 is 23.5 Å². The molecule has 6 nitrogen and oxygen atoms in total. The SMILES string of the molecule is CCOC(=O)Cc1nnc(SCC(=O)c2ccc(C)cc2C)n1C. The minimum absolute atomic E-state index is 0.0486. The number of Topliss-reactive ketones (excluding diaryl/α,β-unsaturated/α-hetero) is 1. The Kier molecular flexibility index (Phi) is 6.14. The van der Waals surface area contributed by atoms with Crippen LogP contribution in [0.5, 0.6) is 0 Å². The number of ketones is 1. The Morgan fingerprint density at radius 1 is 1.25 bits per heavy atom. The largest absolute Gasteiger partial charge is 0.466 e. The molecule has 24 heavy (non-hydrogen) atoms. The van der Waals surface area contributed by atoms with E-state index in [1.54, 1.807) is 18.5 Å². The van der Waals surface area contributed by atoms with Gasteiger partial charge in [-0.25, -0.2) is 0 Å². The van der Waals surface area contributed by atoms with Gasteiger partial charge in [0.1, 0.15) is 12.2 Å². The summed E-state index contributed by atoms with van der Waals surface area (Å²) in [5, 5.41) is 8.65. The molecule has 1 aromatic carbocycles. The molecule has 0 aliphatic rings. The number of thioether (sulfide) groups is 1. The average Bonchev–Trinajstić information content (AvgIpc) is 2.85. The van der Waals surface area contributed by atoms with Gasteiger partial charge in [0.15, 0.2) is 10.9 Å². The molecule has 0 unspecified atom stereocenters. The van der Waals surface area contributed by atoms with Gasteiger partial charge >= 0.3 is 5.97 Å². The van der Waals surface area contributed by atoms with Crippen molar-refractivity contribution < 1.29 is 14.3 Å². The number of esters is 1. The molecule has 0 amide bonds. The van der Waals surface area contributed by atoms with Crippen LogP contribution < -0.4 is 0 Å². The lowest BCUT2D eigenvalue weighted by molar-refractivity contribution is -0.142. The summed E-state index contributed by atoms with van der Waals surface area (Å²) in [4.78, 5) is 23.9. The molecule has 1 aromatic heterocycles. The highest BCUT2D eigenvalue weighted by atomic mass is 32.2. The first kappa shape index (κ1) is 18.2. The Bertz CT molecular complexity index is 756. The Morgan fingerprint density at radius 3 is 2.67 bits per heavy atom. The van der Waals surface area contributed by atoms with Crippen LogP contribution in [0.3, 0.4) is 0 Å². The van der Waals surface area contributed by atoms with E-state index in [-0.39, 0.29) is 23.9 Å². The van der Waals surface area contributed by atoms with E-state index in [0.717, 1.165) is 16.7 Å². The fraction of sp³-hybridized carbons (Fsp3) is 0.412. The molecular formula is C17H21N3O3S. The zero-order valence-corrected chi connectivity index (χ0v) is 15.1. The maximum absolute atomic E-state index is 12.4. The predicted octanol–water partition coefficient (Wildman–Crippen LogP) is 2.51. The first-order valence-electron chi connectivity index (χ1n) is 7.69. The Balaban J connectivity index is 2.00. The van der Waals surface area contributed by atoms with Crippen LogP contribution in [-0.2, 0) is 23.0 Å². The summed E-state index contributed by atoms with van der Waals surface area (Å²) in [5.74, 6) is 0.508. The fourth-order valence-corrected chi connectivity index (χ4v) is 3.11. The lowest BCUT2D eigenvalue weighted by Gasteiger charge is -2.06. The smallest absolute Gasteiger partial charge is 0.313 e. The topological polar surface area (TPSA) is 74.1 Å². The quantitative estimate of drug-likeness (QED) is 0.435. The van der Waals surface area contributed by atoms with E-state index in [1.807, 2.05) is 32.0 Å². The minimum atomic E-state index is -0.337. The van der Waals surface area contributed by atoms with Gasteiger partial charge in [0.2, 0.25) is 0 Å². The van der Waals surface area contributed by atoms with Crippen LogP contribution >= 0.6 is 11.8 Å². The van der Waals surface area contributed by atoms with Crippen LogP contribution in [0.1, 0.15) is 34.2 Å². The number of aromatic nitrogens is 3. The third-order valence-corrected chi connectivity index (χ3v) is 4.57. The zero-order chi connectivity index (χ0) is 17.7. The molecule has 0 aliphatic carbocycles. The van der Waals surface area contributed by atoms with E-state index in [2.05, 4.69) is 10.2 Å². The number of nitrogens with zero attached hydrogens (tertiary/aromatic N) is 3. The van der Waals surface area contributed by atoms with Crippen LogP contribution in [-0.4, -0.2) is 38.9 Å². The standard InChI is InChI=1S/C17H21N3O3S/c1-5-23-16(22)9-15-18-19-17(20(15)4)24-10-14(21)13-7-6-11(2)8-12(13)3/h6-8H,5,9-10H2,1-4H3. The van der Waals surface area contributed by atoms with Crippen LogP contribution in [0.15, 0.2) is 23.4 Å². The lowest BCUT2D eigenvalue weighted by atomic mass is 10.0. The number of carbonyl (C=O) groups is 2. The normalized spacial score (nSPS) is 10.7. The molecule has 2 aromatic rings. The predicted molar refractivity (Wildman–Crippen MR) is 92.3 cm³/mol. The highest BCUT2D eigenvalue weighted by molar-refractivity contribution is 7.99. The maximum atomic E-state index is 12.4. The van der Waals surface area contributed by atoms with Gasteiger partial charge in [-0.3, -0.25) is 9.59 Å². The third kappa shape index (κ3) is 4.44. The van der Waals surface area contributed by atoms with Gasteiger partial charge in [-0.05, 0) is 26.3 Å². The molecule has 0 fully saturated rings. The van der Waals surface area contributed by atoms with E-state index >= 15 is 0 Å². The lowest BCUT2D eigenvalue weighted by Crippen LogP contribution is -2.11. The van der Waals surface area contributed by atoms with Crippen molar-refractivity contribution in [2.24, 2.45) is 7.05 Å². The highest BCUT2D eigenvalue weighted by Crippen LogP contribution is 2.19. The number of aryl methyl sites for hydroxylation is 2. The summed E-state index contributed by atoms with van der Waals surface area (Å²) in [7, 11) is 1.78. The molecule has 0 aliphatic heterocycles. The van der Waals surface area contributed by atoms with E-state index in [0.29, 0.717) is 17.6 Å². The highest BCUT2D eigenvalue weighted by Gasteiger charge is 2.16. The maximum Gasteiger partial charge on any atom is 0.313 e. The summed E-state index contributed by atoms with van der Waals surface area (Å²) in [6.45, 7) is 6.03. The number of carbonyl (C=O) groups excluding carboxylic acids is 2. The first-order chi connectivity index (χ1) is 11.4. The number of rotatable bonds is 7. The molecule has 0 radical (unpaired) electrons. The molecule has 0 bridgehead atoms. The second-order valence-electron chi connectivity index (χ2n) is 5.47. The van der Waals surface area contributed by atoms with Gasteiger partial charge in [-0.1, -0.05) is 35.5 Å². The summed E-state index contributed by atoms with van der Waals surface area (Å²) < 4.78 is 6.63. The Morgan fingerprint density at radius 2 is 2.00 bits per heavy atom. The van der Waals surface area contributed by atoms with Gasteiger partial charge in [0, 0.05) is 12.6 Å². The first-order valence-corrected chi connectivity index (χ1v) is 8.68. The van der Waals surface area contributed by atoms with E-state index in [4.69, 9.17) is 4.74 Å². The molecule has 0 saturated carbocycles. The molecule has 2 rings (SSSR count). The average molecular weight is 347 g/mol. The molecule has 0 spiro atoms. The molecular weight excluding hydrogens is 326 g/mol. The summed E-state index contributed by atoms with van der Waals surface area (Å²) in [5.41, 5.74) is 2.83. The second kappa shape index (κ2) is 8.10. The number of benzene rings is 1. The fourth-order valence-electron chi connectivity index (χ4n) is 2.30. The molecule has 128 valence electrons. The Labute approximate surface area is 145 Å². The van der Waals surface area contributed by atoms with Gasteiger partial charge in [0.05, 0.1) is 12.4 Å². The molecule has 7 heteroatoms. The third-order valence-electron chi connectivity index (χ3n) is 3.55. The van der Waals surface area contributed by atoms with Gasteiger partial charge in [-0.15, -0.1) is 10.2 Å². The molecule has 1 heterocycles. The number of ether oxygens (including phenoxy) is 1. The second-order valence-corrected chi connectivity index (χ2v) is 6.41. The minimum Gasteiger partial charge on any atom is -0.466 e. The van der Waals surface area contributed by atoms with Crippen molar-refractivity contribution in [1.29, 1.82) is 0 Å². The van der Waals surface area contributed by atoms with E-state index in [9.17, 15) is 9.59 Å². The molecule has 0 atom stereocenters. The van der Waals surface area contributed by atoms with E-state index < -0.39 is 0 Å². The Hall–Kier alpha value is -2.15. The monoisotopic (exact) mass is 347 g/mol. The van der Waals surface area contributed by atoms with Crippen molar-refractivity contribution in [2.45, 2.75) is 32.3 Å². The van der Waals surface area contributed by atoms with Crippen molar-refractivity contribution in [1.82, 2.24) is 14.8 Å². The summed E-state index contributed by atoms with van der Waals surface area (Å²) in [6, 6.07) is 5.79. The van der Waals surface area contributed by atoms with Crippen LogP contribution in [0.25, 0.3) is 0 Å². The van der Waals surface area contributed by atoms with Crippen molar-refractivity contribution in [3.63, 3.8) is 0 Å². The molecule has 0 saturated heterocycles.